The largest absolute Gasteiger partial charge is 0.506 e. The number of sulfone groups is 2. The number of benzene rings is 4. The molecule has 0 radical (unpaired) electrons. The zero-order valence-corrected chi connectivity index (χ0v) is 27.3. The fourth-order valence-corrected chi connectivity index (χ4v) is 6.85. The number of azo groups is 2. The number of nitrogens with one attached hydrogen (secondary N) is 1. The van der Waals surface area contributed by atoms with E-state index in [1.807, 2.05) is 0 Å². The molecule has 4 aromatic carbocycles. The third-order valence-corrected chi connectivity index (χ3v) is 11.2. The summed E-state index contributed by atoms with van der Waals surface area (Å²) in [7, 11) is -9.44. The first-order valence-corrected chi connectivity index (χ1v) is 18.1. The number of aromatic hydroxyl groups is 2. The van der Waals surface area contributed by atoms with Crippen LogP contribution in [-0.2, 0) is 29.8 Å². The molecule has 4 N–H and O–H groups in total. The maximum absolute atomic E-state index is 12.4. The normalized spacial score (nSPS) is 12.7. The van der Waals surface area contributed by atoms with Crippen LogP contribution in [0.15, 0.2) is 89.7 Å². The second-order valence-electron chi connectivity index (χ2n) is 9.54. The number of methoxy groups -OCH3 is 1. The van der Waals surface area contributed by atoms with Crippen molar-refractivity contribution in [2.45, 2.75) is 28.5 Å². The maximum atomic E-state index is 12.4. The summed E-state index contributed by atoms with van der Waals surface area (Å²) in [6.45, 7) is 2.86. The van der Waals surface area contributed by atoms with Gasteiger partial charge in [0.25, 0.3) is 10.1 Å². The van der Waals surface area contributed by atoms with Gasteiger partial charge in [-0.15, -0.1) is 20.5 Å². The lowest BCUT2D eigenvalue weighted by molar-refractivity contribution is 0.399. The quantitative estimate of drug-likeness (QED) is 0.106. The zero-order valence-electron chi connectivity index (χ0n) is 24.8. The van der Waals surface area contributed by atoms with Crippen LogP contribution >= 0.6 is 0 Å². The van der Waals surface area contributed by atoms with E-state index < -0.39 is 46.1 Å². The summed E-state index contributed by atoms with van der Waals surface area (Å²) in [4.78, 5) is -1.10. The summed E-state index contributed by atoms with van der Waals surface area (Å²) in [5.74, 6) is -1.38. The molecule has 0 atom stereocenters. The molecule has 4 aromatic rings. The van der Waals surface area contributed by atoms with E-state index in [1.54, 1.807) is 13.1 Å². The average molecular weight is 692 g/mol. The first-order chi connectivity index (χ1) is 21.6. The SMILES string of the molecule is CCS(=O)(=O)c1ccc(S(=O)(=O)O)c(N=Nc2c(NC)ccc3c(O)c(N=Nc4cc(OC)c(S(=O)(=O)CC)cc4O)ccc23)c1. The molecule has 15 nitrogen and oxygen atoms in total. The predicted octanol–water partition coefficient (Wildman–Crippen LogP) is 5.97. The van der Waals surface area contributed by atoms with E-state index in [0.29, 0.717) is 11.1 Å². The average Bonchev–Trinajstić information content (AvgIpc) is 3.02. The van der Waals surface area contributed by atoms with Gasteiger partial charge < -0.3 is 20.3 Å². The van der Waals surface area contributed by atoms with Crippen molar-refractivity contribution in [3.63, 3.8) is 0 Å². The van der Waals surface area contributed by atoms with Gasteiger partial charge in [0.05, 0.1) is 29.2 Å². The second kappa shape index (κ2) is 13.0. The molecule has 0 saturated heterocycles. The number of hydrogen-bond acceptors (Lipinski definition) is 14. The Labute approximate surface area is 264 Å². The highest BCUT2D eigenvalue weighted by molar-refractivity contribution is 7.91. The number of nitrogens with zero attached hydrogens (tertiary/aromatic N) is 4. The third-order valence-electron chi connectivity index (χ3n) is 6.84. The minimum atomic E-state index is -4.81. The van der Waals surface area contributed by atoms with E-state index in [1.165, 1.54) is 45.2 Å². The molecule has 0 aliphatic rings. The lowest BCUT2D eigenvalue weighted by atomic mass is 10.1. The Morgan fingerprint density at radius 1 is 0.717 bits per heavy atom. The van der Waals surface area contributed by atoms with Gasteiger partial charge in [-0.1, -0.05) is 13.8 Å². The van der Waals surface area contributed by atoms with Crippen molar-refractivity contribution in [2.24, 2.45) is 20.5 Å². The standard InChI is InChI=1S/C28H29N5O10S3/c1-5-44(36,37)16-7-12-25(46(40,41)42)22(13-16)32-33-27-17-8-11-20(28(35)18(17)9-10-19(27)29-3)30-31-21-14-24(43-4)26(15-23(21)34)45(38,39)6-2/h7-15,29,34-35H,5-6H2,1-4H3,(H,40,41,42). The number of phenols is 2. The topological polar surface area (TPSA) is 234 Å². The molecule has 0 saturated carbocycles. The van der Waals surface area contributed by atoms with E-state index >= 15 is 0 Å². The summed E-state index contributed by atoms with van der Waals surface area (Å²) in [5.41, 5.74) is -0.0803. The van der Waals surface area contributed by atoms with Gasteiger partial charge in [-0.25, -0.2) is 16.8 Å². The number of phenolic OH excluding ortho intramolecular Hbond substituents is 2. The minimum Gasteiger partial charge on any atom is -0.506 e. The summed E-state index contributed by atoms with van der Waals surface area (Å²) in [5, 5.41) is 41.0. The van der Waals surface area contributed by atoms with E-state index in [4.69, 9.17) is 4.74 Å². The summed E-state index contributed by atoms with van der Waals surface area (Å²) in [6.07, 6.45) is 0. The Morgan fingerprint density at radius 3 is 1.96 bits per heavy atom. The number of anilines is 1. The molecule has 0 heterocycles. The molecule has 4 rings (SSSR count). The lowest BCUT2D eigenvalue weighted by Crippen LogP contribution is -2.05. The van der Waals surface area contributed by atoms with E-state index in [9.17, 15) is 40.0 Å². The highest BCUT2D eigenvalue weighted by atomic mass is 32.2. The maximum Gasteiger partial charge on any atom is 0.296 e. The van der Waals surface area contributed by atoms with Gasteiger partial charge in [0.1, 0.15) is 44.0 Å². The highest BCUT2D eigenvalue weighted by Crippen LogP contribution is 2.44. The van der Waals surface area contributed by atoms with Crippen LogP contribution in [0.1, 0.15) is 13.8 Å². The van der Waals surface area contributed by atoms with Crippen molar-refractivity contribution >= 4 is 69.0 Å². The van der Waals surface area contributed by atoms with Crippen LogP contribution in [-0.4, -0.2) is 65.7 Å². The zero-order chi connectivity index (χ0) is 34.0. The number of rotatable bonds is 11. The van der Waals surface area contributed by atoms with E-state index in [0.717, 1.165) is 24.3 Å². The van der Waals surface area contributed by atoms with Crippen molar-refractivity contribution in [2.75, 3.05) is 31.0 Å². The highest BCUT2D eigenvalue weighted by Gasteiger charge is 2.22. The molecular formula is C28H29N5O10S3. The molecule has 0 bridgehead atoms. The Bertz CT molecular complexity index is 2240. The van der Waals surface area contributed by atoms with Crippen molar-refractivity contribution in [1.29, 1.82) is 0 Å². The Morgan fingerprint density at radius 2 is 1.35 bits per heavy atom. The van der Waals surface area contributed by atoms with Gasteiger partial charge in [0, 0.05) is 30.0 Å². The number of fused-ring (bicyclic) bond motifs is 1. The third kappa shape index (κ3) is 6.79. The van der Waals surface area contributed by atoms with Gasteiger partial charge in [-0.3, -0.25) is 4.55 Å². The smallest absolute Gasteiger partial charge is 0.296 e. The van der Waals surface area contributed by atoms with Gasteiger partial charge >= 0.3 is 0 Å². The number of hydrogen-bond donors (Lipinski definition) is 4. The number of ether oxygens (including phenoxy) is 1. The molecule has 0 aliphatic heterocycles. The fraction of sp³-hybridized carbons (Fsp3) is 0.214. The molecule has 0 unspecified atom stereocenters. The first kappa shape index (κ1) is 34.2. The molecular weight excluding hydrogens is 663 g/mol. The molecule has 0 amide bonds. The molecule has 0 aliphatic carbocycles. The molecule has 244 valence electrons. The summed E-state index contributed by atoms with van der Waals surface area (Å²) in [6, 6.07) is 11.1. The lowest BCUT2D eigenvalue weighted by Gasteiger charge is -2.11. The fourth-order valence-electron chi connectivity index (χ4n) is 4.29. The van der Waals surface area contributed by atoms with Crippen LogP contribution in [0, 0.1) is 0 Å². The Hall–Kier alpha value is -4.65. The van der Waals surface area contributed by atoms with E-state index in [2.05, 4.69) is 25.8 Å². The molecule has 0 fully saturated rings. The molecule has 0 aromatic heterocycles. The van der Waals surface area contributed by atoms with Crippen molar-refractivity contribution < 1.29 is 44.8 Å². The first-order valence-electron chi connectivity index (χ1n) is 13.4. The van der Waals surface area contributed by atoms with Crippen LogP contribution < -0.4 is 10.1 Å². The Kier molecular flexibility index (Phi) is 9.67. The van der Waals surface area contributed by atoms with E-state index in [-0.39, 0.29) is 55.2 Å². The van der Waals surface area contributed by atoms with Gasteiger partial charge in [-0.2, -0.15) is 8.42 Å². The molecule has 18 heteroatoms. The molecule has 0 spiro atoms. The molecule has 46 heavy (non-hydrogen) atoms. The van der Waals surface area contributed by atoms with Crippen molar-refractivity contribution in [3.8, 4) is 17.2 Å². The summed E-state index contributed by atoms with van der Waals surface area (Å²) >= 11 is 0. The van der Waals surface area contributed by atoms with Gasteiger partial charge in [0.2, 0.25) is 0 Å². The Balaban J connectivity index is 1.82. The van der Waals surface area contributed by atoms with Crippen LogP contribution in [0.4, 0.5) is 28.4 Å². The van der Waals surface area contributed by atoms with Crippen molar-refractivity contribution in [3.05, 3.63) is 54.6 Å². The van der Waals surface area contributed by atoms with Gasteiger partial charge in [-0.05, 0) is 42.5 Å². The summed E-state index contributed by atoms with van der Waals surface area (Å²) < 4.78 is 88.4. The minimum absolute atomic E-state index is 0.0395. The van der Waals surface area contributed by atoms with Gasteiger partial charge in [0.15, 0.2) is 25.4 Å². The predicted molar refractivity (Wildman–Crippen MR) is 170 cm³/mol. The van der Waals surface area contributed by atoms with Crippen LogP contribution in [0.5, 0.6) is 17.2 Å². The van der Waals surface area contributed by atoms with Crippen LogP contribution in [0.3, 0.4) is 0 Å². The monoisotopic (exact) mass is 691 g/mol. The van der Waals surface area contributed by atoms with Crippen molar-refractivity contribution in [1.82, 2.24) is 0 Å². The van der Waals surface area contributed by atoms with Crippen LogP contribution in [0.2, 0.25) is 0 Å². The van der Waals surface area contributed by atoms with Crippen LogP contribution in [0.25, 0.3) is 10.8 Å². The second-order valence-corrected chi connectivity index (χ2v) is 15.5.